The molecular weight excluding hydrogens is 295 g/mol. The summed E-state index contributed by atoms with van der Waals surface area (Å²) < 4.78 is 42.6. The molecular formula is C16H20F3NO2. The third-order valence-electron chi connectivity index (χ3n) is 4.06. The average molecular weight is 315 g/mol. The highest BCUT2D eigenvalue weighted by Crippen LogP contribution is 2.30. The largest absolute Gasteiger partial charge is 0.484 e. The number of alkyl halides is 3. The summed E-state index contributed by atoms with van der Waals surface area (Å²) in [5.41, 5.74) is -0.731. The molecule has 0 spiro atoms. The molecule has 1 fully saturated rings. The van der Waals surface area contributed by atoms with E-state index in [1.54, 1.807) is 11.9 Å². The summed E-state index contributed by atoms with van der Waals surface area (Å²) >= 11 is 0. The molecule has 0 atom stereocenters. The number of amides is 1. The van der Waals surface area contributed by atoms with Gasteiger partial charge in [-0.3, -0.25) is 4.79 Å². The molecule has 22 heavy (non-hydrogen) atoms. The Morgan fingerprint density at radius 1 is 1.18 bits per heavy atom. The number of likely N-dealkylation sites (N-methyl/N-ethyl adjacent to an activating group) is 1. The second kappa shape index (κ2) is 7.03. The molecule has 1 saturated carbocycles. The normalized spacial score (nSPS) is 16.4. The molecule has 0 aliphatic heterocycles. The van der Waals surface area contributed by atoms with Crippen molar-refractivity contribution in [2.45, 2.75) is 44.3 Å². The van der Waals surface area contributed by atoms with Gasteiger partial charge in [0, 0.05) is 13.1 Å². The quantitative estimate of drug-likeness (QED) is 0.844. The number of benzene rings is 1. The van der Waals surface area contributed by atoms with Crippen molar-refractivity contribution >= 4 is 5.91 Å². The molecule has 1 aromatic carbocycles. The van der Waals surface area contributed by atoms with Crippen molar-refractivity contribution in [3.05, 3.63) is 29.8 Å². The maximum Gasteiger partial charge on any atom is 0.416 e. The summed E-state index contributed by atoms with van der Waals surface area (Å²) in [6.45, 7) is -0.154. The van der Waals surface area contributed by atoms with Crippen molar-refractivity contribution in [2.75, 3.05) is 13.7 Å². The summed E-state index contributed by atoms with van der Waals surface area (Å²) in [5, 5.41) is 0. The Hall–Kier alpha value is -1.72. The second-order valence-electron chi connectivity index (χ2n) is 5.61. The van der Waals surface area contributed by atoms with Gasteiger partial charge in [-0.2, -0.15) is 13.2 Å². The van der Waals surface area contributed by atoms with E-state index in [0.717, 1.165) is 37.8 Å². The predicted molar refractivity (Wildman–Crippen MR) is 76.6 cm³/mol. The first-order valence-corrected chi connectivity index (χ1v) is 7.43. The summed E-state index contributed by atoms with van der Waals surface area (Å²) in [6.07, 6.45) is 1.10. The summed E-state index contributed by atoms with van der Waals surface area (Å²) in [7, 11) is 1.76. The second-order valence-corrected chi connectivity index (χ2v) is 5.61. The number of hydrogen-bond donors (Lipinski definition) is 0. The van der Waals surface area contributed by atoms with Crippen LogP contribution in [0.4, 0.5) is 13.2 Å². The Labute approximate surface area is 128 Å². The van der Waals surface area contributed by atoms with Gasteiger partial charge in [0.2, 0.25) is 0 Å². The van der Waals surface area contributed by atoms with Gasteiger partial charge in [-0.05, 0) is 37.1 Å². The fourth-order valence-corrected chi connectivity index (χ4v) is 2.66. The molecule has 0 bridgehead atoms. The number of rotatable bonds is 4. The fraction of sp³-hybridized carbons (Fsp3) is 0.562. The minimum atomic E-state index is -4.37. The standard InChI is InChI=1S/C16H20F3NO2/c1-20(13-5-3-2-4-6-13)15(21)11-22-14-9-7-12(8-10-14)16(17,18)19/h7-10,13H,2-6,11H2,1H3. The molecule has 0 aromatic heterocycles. The van der Waals surface area contributed by atoms with Crippen molar-refractivity contribution in [1.29, 1.82) is 0 Å². The Morgan fingerprint density at radius 3 is 2.32 bits per heavy atom. The van der Waals surface area contributed by atoms with Crippen molar-refractivity contribution in [3.63, 3.8) is 0 Å². The molecule has 1 aliphatic rings. The molecule has 1 amide bonds. The average Bonchev–Trinajstić information content (AvgIpc) is 2.52. The molecule has 1 aromatic rings. The molecule has 0 unspecified atom stereocenters. The smallest absolute Gasteiger partial charge is 0.416 e. The topological polar surface area (TPSA) is 29.5 Å². The molecule has 0 radical (unpaired) electrons. The lowest BCUT2D eigenvalue weighted by atomic mass is 9.94. The first-order valence-electron chi connectivity index (χ1n) is 7.43. The molecule has 3 nitrogen and oxygen atoms in total. The van der Waals surface area contributed by atoms with Crippen LogP contribution in [0.5, 0.6) is 5.75 Å². The maximum atomic E-state index is 12.4. The van der Waals surface area contributed by atoms with Gasteiger partial charge in [0.05, 0.1) is 5.56 Å². The monoisotopic (exact) mass is 315 g/mol. The van der Waals surface area contributed by atoms with Crippen molar-refractivity contribution in [2.24, 2.45) is 0 Å². The zero-order valence-electron chi connectivity index (χ0n) is 12.5. The molecule has 6 heteroatoms. The van der Waals surface area contributed by atoms with E-state index >= 15 is 0 Å². The van der Waals surface area contributed by atoms with Crippen LogP contribution >= 0.6 is 0 Å². The molecule has 1 aliphatic carbocycles. The Bertz CT molecular complexity index is 493. The van der Waals surface area contributed by atoms with Gasteiger partial charge < -0.3 is 9.64 Å². The number of nitrogens with zero attached hydrogens (tertiary/aromatic N) is 1. The summed E-state index contributed by atoms with van der Waals surface area (Å²) in [6, 6.07) is 4.61. The van der Waals surface area contributed by atoms with Gasteiger partial charge in [0.15, 0.2) is 6.61 Å². The number of carbonyl (C=O) groups excluding carboxylic acids is 1. The minimum absolute atomic E-state index is 0.146. The van der Waals surface area contributed by atoms with Gasteiger partial charge in [0.1, 0.15) is 5.75 Å². The van der Waals surface area contributed by atoms with Crippen LogP contribution in [0, 0.1) is 0 Å². The van der Waals surface area contributed by atoms with Gasteiger partial charge >= 0.3 is 6.18 Å². The summed E-state index contributed by atoms with van der Waals surface area (Å²) in [4.78, 5) is 13.8. The van der Waals surface area contributed by atoms with E-state index in [-0.39, 0.29) is 24.3 Å². The highest BCUT2D eigenvalue weighted by atomic mass is 19.4. The number of hydrogen-bond acceptors (Lipinski definition) is 2. The third-order valence-corrected chi connectivity index (χ3v) is 4.06. The minimum Gasteiger partial charge on any atom is -0.484 e. The first-order chi connectivity index (χ1) is 10.4. The zero-order valence-corrected chi connectivity index (χ0v) is 12.5. The summed E-state index contributed by atoms with van der Waals surface area (Å²) in [5.74, 6) is 0.116. The molecule has 122 valence electrons. The number of ether oxygens (including phenoxy) is 1. The highest BCUT2D eigenvalue weighted by Gasteiger charge is 2.30. The van der Waals surface area contributed by atoms with Crippen molar-refractivity contribution < 1.29 is 22.7 Å². The van der Waals surface area contributed by atoms with E-state index in [0.29, 0.717) is 0 Å². The van der Waals surface area contributed by atoms with Crippen LogP contribution in [0.15, 0.2) is 24.3 Å². The van der Waals surface area contributed by atoms with Crippen LogP contribution in [-0.4, -0.2) is 30.5 Å². The van der Waals surface area contributed by atoms with Crippen LogP contribution in [0.25, 0.3) is 0 Å². The predicted octanol–water partition coefficient (Wildman–Crippen LogP) is 3.88. The van der Waals surface area contributed by atoms with E-state index in [4.69, 9.17) is 4.74 Å². The number of carbonyl (C=O) groups is 1. The highest BCUT2D eigenvalue weighted by molar-refractivity contribution is 5.77. The Kier molecular flexibility index (Phi) is 5.32. The Morgan fingerprint density at radius 2 is 1.77 bits per heavy atom. The lowest BCUT2D eigenvalue weighted by Gasteiger charge is -2.31. The zero-order chi connectivity index (χ0) is 16.2. The van der Waals surface area contributed by atoms with Crippen LogP contribution in [0.2, 0.25) is 0 Å². The van der Waals surface area contributed by atoms with Crippen LogP contribution in [-0.2, 0) is 11.0 Å². The molecule has 2 rings (SSSR count). The number of halogens is 3. The van der Waals surface area contributed by atoms with E-state index in [1.165, 1.54) is 18.6 Å². The van der Waals surface area contributed by atoms with Crippen LogP contribution in [0.1, 0.15) is 37.7 Å². The molecule has 0 heterocycles. The third kappa shape index (κ3) is 4.39. The molecule has 0 N–H and O–H groups in total. The Balaban J connectivity index is 1.85. The van der Waals surface area contributed by atoms with Gasteiger partial charge in [0.25, 0.3) is 5.91 Å². The van der Waals surface area contributed by atoms with Gasteiger partial charge in [-0.25, -0.2) is 0 Å². The van der Waals surface area contributed by atoms with E-state index in [2.05, 4.69) is 0 Å². The first kappa shape index (κ1) is 16.6. The van der Waals surface area contributed by atoms with Gasteiger partial charge in [-0.1, -0.05) is 19.3 Å². The van der Waals surface area contributed by atoms with Crippen molar-refractivity contribution in [1.82, 2.24) is 4.90 Å². The molecule has 0 saturated heterocycles. The van der Waals surface area contributed by atoms with Crippen LogP contribution < -0.4 is 4.74 Å². The lowest BCUT2D eigenvalue weighted by Crippen LogP contribution is -2.40. The lowest BCUT2D eigenvalue weighted by molar-refractivity contribution is -0.138. The SMILES string of the molecule is CN(C(=O)COc1ccc(C(F)(F)F)cc1)C1CCCCC1. The van der Waals surface area contributed by atoms with E-state index in [1.807, 2.05) is 0 Å². The van der Waals surface area contributed by atoms with E-state index < -0.39 is 11.7 Å². The van der Waals surface area contributed by atoms with Crippen molar-refractivity contribution in [3.8, 4) is 5.75 Å². The van der Waals surface area contributed by atoms with Gasteiger partial charge in [-0.15, -0.1) is 0 Å². The fourth-order valence-electron chi connectivity index (χ4n) is 2.66. The van der Waals surface area contributed by atoms with E-state index in [9.17, 15) is 18.0 Å². The van der Waals surface area contributed by atoms with Crippen LogP contribution in [0.3, 0.4) is 0 Å². The maximum absolute atomic E-state index is 12.4.